The van der Waals surface area contributed by atoms with Gasteiger partial charge in [-0.2, -0.15) is 5.26 Å². The Balaban J connectivity index is 2.62. The molecular formula is C12H11NO2S. The van der Waals surface area contributed by atoms with Crippen LogP contribution in [0.5, 0.6) is 11.5 Å². The lowest BCUT2D eigenvalue weighted by Crippen LogP contribution is -1.99. The Morgan fingerprint density at radius 1 is 1.31 bits per heavy atom. The molecule has 0 bridgehead atoms. The first-order valence-electron chi connectivity index (χ1n) is 4.80. The summed E-state index contributed by atoms with van der Waals surface area (Å²) in [6, 6.07) is 5.93. The molecule has 0 radical (unpaired) electrons. The van der Waals surface area contributed by atoms with Crippen LogP contribution >= 0.6 is 11.8 Å². The molecule has 1 aliphatic rings. The minimum absolute atomic E-state index is 0.702. The van der Waals surface area contributed by atoms with Gasteiger partial charge in [-0.3, -0.25) is 0 Å². The zero-order chi connectivity index (χ0) is 11.5. The van der Waals surface area contributed by atoms with Crippen LogP contribution in [0.4, 0.5) is 0 Å². The normalized spacial score (nSPS) is 13.4. The summed E-state index contributed by atoms with van der Waals surface area (Å²) in [5, 5.41) is 9.03. The van der Waals surface area contributed by atoms with Crippen LogP contribution in [0.25, 0.3) is 5.57 Å². The smallest absolute Gasteiger partial charge is 0.174 e. The Morgan fingerprint density at radius 3 is 2.75 bits per heavy atom. The highest BCUT2D eigenvalue weighted by Gasteiger charge is 2.20. The van der Waals surface area contributed by atoms with Crippen molar-refractivity contribution in [3.05, 3.63) is 23.8 Å². The van der Waals surface area contributed by atoms with E-state index in [0.717, 1.165) is 16.2 Å². The van der Waals surface area contributed by atoms with Crippen molar-refractivity contribution in [1.29, 1.82) is 5.26 Å². The van der Waals surface area contributed by atoms with Gasteiger partial charge in [0.05, 0.1) is 30.8 Å². The van der Waals surface area contributed by atoms with E-state index in [1.165, 1.54) is 0 Å². The molecule has 0 saturated carbocycles. The van der Waals surface area contributed by atoms with Gasteiger partial charge in [0.25, 0.3) is 0 Å². The van der Waals surface area contributed by atoms with Gasteiger partial charge >= 0.3 is 0 Å². The van der Waals surface area contributed by atoms with Crippen LogP contribution in [0.3, 0.4) is 0 Å². The second-order valence-corrected chi connectivity index (χ2v) is 4.25. The third kappa shape index (κ3) is 1.63. The van der Waals surface area contributed by atoms with Crippen LogP contribution in [0, 0.1) is 11.3 Å². The number of methoxy groups -OCH3 is 2. The summed E-state index contributed by atoms with van der Waals surface area (Å²) in [5.41, 5.74) is 1.63. The molecule has 16 heavy (non-hydrogen) atoms. The Labute approximate surface area is 98.7 Å². The van der Waals surface area contributed by atoms with Crippen molar-refractivity contribution in [2.24, 2.45) is 0 Å². The van der Waals surface area contributed by atoms with E-state index >= 15 is 0 Å². The van der Waals surface area contributed by atoms with Crippen LogP contribution in [0.1, 0.15) is 5.56 Å². The number of hydrogen-bond donors (Lipinski definition) is 0. The van der Waals surface area contributed by atoms with E-state index in [-0.39, 0.29) is 0 Å². The maximum Gasteiger partial charge on any atom is 0.174 e. The van der Waals surface area contributed by atoms with Crippen molar-refractivity contribution in [3.63, 3.8) is 0 Å². The van der Waals surface area contributed by atoms with E-state index in [0.29, 0.717) is 17.1 Å². The first kappa shape index (κ1) is 10.9. The van der Waals surface area contributed by atoms with Gasteiger partial charge in [0.2, 0.25) is 0 Å². The van der Waals surface area contributed by atoms with E-state index in [1.807, 2.05) is 18.2 Å². The lowest BCUT2D eigenvalue weighted by Gasteiger charge is -2.18. The van der Waals surface area contributed by atoms with Gasteiger partial charge in [-0.25, -0.2) is 0 Å². The van der Waals surface area contributed by atoms with E-state index < -0.39 is 0 Å². The number of hydrogen-bond acceptors (Lipinski definition) is 4. The number of nitriles is 1. The Morgan fingerprint density at radius 2 is 2.12 bits per heavy atom. The number of fused-ring (bicyclic) bond motifs is 1. The van der Waals surface area contributed by atoms with Gasteiger partial charge < -0.3 is 9.47 Å². The van der Waals surface area contributed by atoms with E-state index in [1.54, 1.807) is 26.0 Å². The molecule has 0 atom stereocenters. The first-order valence-corrected chi connectivity index (χ1v) is 5.78. The predicted octanol–water partition coefficient (Wildman–Crippen LogP) is 2.72. The van der Waals surface area contributed by atoms with Crippen LogP contribution in [-0.2, 0) is 0 Å². The molecule has 1 heterocycles. The maximum atomic E-state index is 9.03. The fourth-order valence-corrected chi connectivity index (χ4v) is 2.74. The third-order valence-electron chi connectivity index (χ3n) is 2.43. The lowest BCUT2D eigenvalue weighted by molar-refractivity contribution is 0.348. The molecule has 0 N–H and O–H groups in total. The van der Waals surface area contributed by atoms with E-state index in [2.05, 4.69) is 6.07 Å². The summed E-state index contributed by atoms with van der Waals surface area (Å²) >= 11 is 1.66. The van der Waals surface area contributed by atoms with Gasteiger partial charge in [0.1, 0.15) is 0 Å². The van der Waals surface area contributed by atoms with Gasteiger partial charge in [0, 0.05) is 11.3 Å². The van der Waals surface area contributed by atoms with Crippen molar-refractivity contribution in [1.82, 2.24) is 0 Å². The summed E-state index contributed by atoms with van der Waals surface area (Å²) in [5.74, 6) is 2.21. The first-order chi connectivity index (χ1) is 7.81. The second-order valence-electron chi connectivity index (χ2n) is 3.22. The third-order valence-corrected chi connectivity index (χ3v) is 3.45. The summed E-state index contributed by atoms with van der Waals surface area (Å²) in [6.45, 7) is 0. The standard InChI is InChI=1S/C12H11NO2S/c1-14-10-4-3-9-8(7-13)5-6-16-12(9)11(10)15-2/h3-5H,6H2,1-2H3. The molecule has 3 nitrogen and oxygen atoms in total. The van der Waals surface area contributed by atoms with Crippen LogP contribution in [-0.4, -0.2) is 20.0 Å². The Bertz CT molecular complexity index is 489. The summed E-state index contributed by atoms with van der Waals surface area (Å²) < 4.78 is 10.6. The molecule has 1 aliphatic heterocycles. The lowest BCUT2D eigenvalue weighted by atomic mass is 10.1. The second kappa shape index (κ2) is 4.50. The number of nitrogens with zero attached hydrogens (tertiary/aromatic N) is 1. The number of benzene rings is 1. The quantitative estimate of drug-likeness (QED) is 0.787. The molecule has 0 aliphatic carbocycles. The van der Waals surface area contributed by atoms with Crippen LogP contribution < -0.4 is 9.47 Å². The van der Waals surface area contributed by atoms with E-state index in [4.69, 9.17) is 14.7 Å². The molecule has 0 aromatic heterocycles. The topological polar surface area (TPSA) is 42.2 Å². The highest BCUT2D eigenvalue weighted by molar-refractivity contribution is 7.99. The van der Waals surface area contributed by atoms with Gasteiger partial charge in [-0.05, 0) is 12.1 Å². The average molecular weight is 233 g/mol. The molecule has 1 aromatic carbocycles. The molecule has 1 aromatic rings. The fraction of sp³-hybridized carbons (Fsp3) is 0.250. The average Bonchev–Trinajstić information content (AvgIpc) is 2.36. The molecule has 2 rings (SSSR count). The molecule has 4 heteroatoms. The summed E-state index contributed by atoms with van der Waals surface area (Å²) in [7, 11) is 3.22. The number of allylic oxidation sites excluding steroid dienone is 1. The number of thioether (sulfide) groups is 1. The SMILES string of the molecule is COc1ccc2c(c1OC)SCC=C2C#N. The largest absolute Gasteiger partial charge is 0.493 e. The van der Waals surface area contributed by atoms with Crippen molar-refractivity contribution < 1.29 is 9.47 Å². The van der Waals surface area contributed by atoms with Crippen molar-refractivity contribution in [3.8, 4) is 17.6 Å². The fourth-order valence-electron chi connectivity index (χ4n) is 1.68. The zero-order valence-corrected chi connectivity index (χ0v) is 9.93. The molecule has 0 amide bonds. The van der Waals surface area contributed by atoms with Crippen molar-refractivity contribution in [2.45, 2.75) is 4.90 Å². The highest BCUT2D eigenvalue weighted by atomic mass is 32.2. The van der Waals surface area contributed by atoms with Gasteiger partial charge in [0.15, 0.2) is 11.5 Å². The van der Waals surface area contributed by atoms with Crippen LogP contribution in [0.15, 0.2) is 23.1 Å². The monoisotopic (exact) mass is 233 g/mol. The maximum absolute atomic E-state index is 9.03. The predicted molar refractivity (Wildman–Crippen MR) is 63.9 cm³/mol. The Hall–Kier alpha value is -1.60. The number of rotatable bonds is 2. The number of ether oxygens (including phenoxy) is 2. The molecule has 82 valence electrons. The summed E-state index contributed by atoms with van der Waals surface area (Å²) in [6.07, 6.45) is 1.93. The minimum atomic E-state index is 0.702. The van der Waals surface area contributed by atoms with Gasteiger partial charge in [-0.15, -0.1) is 11.8 Å². The molecular weight excluding hydrogens is 222 g/mol. The van der Waals surface area contributed by atoms with E-state index in [9.17, 15) is 0 Å². The van der Waals surface area contributed by atoms with Crippen molar-refractivity contribution >= 4 is 17.3 Å². The minimum Gasteiger partial charge on any atom is -0.493 e. The van der Waals surface area contributed by atoms with Crippen molar-refractivity contribution in [2.75, 3.05) is 20.0 Å². The molecule has 0 spiro atoms. The Kier molecular flexibility index (Phi) is 3.07. The highest BCUT2D eigenvalue weighted by Crippen LogP contribution is 2.44. The molecule has 0 saturated heterocycles. The van der Waals surface area contributed by atoms with Gasteiger partial charge in [-0.1, -0.05) is 6.08 Å². The summed E-state index contributed by atoms with van der Waals surface area (Å²) in [4.78, 5) is 0.987. The van der Waals surface area contributed by atoms with Crippen LogP contribution in [0.2, 0.25) is 0 Å². The zero-order valence-electron chi connectivity index (χ0n) is 9.11. The molecule has 0 fully saturated rings. The molecule has 0 unspecified atom stereocenters.